The molecule has 1 heterocycles. The predicted molar refractivity (Wildman–Crippen MR) is 69.2 cm³/mol. The predicted octanol–water partition coefficient (Wildman–Crippen LogP) is 4.35. The Kier molecular flexibility index (Phi) is 3.96. The topological polar surface area (TPSA) is 20.2 Å². The molecule has 0 aliphatic carbocycles. The summed E-state index contributed by atoms with van der Waals surface area (Å²) in [7, 11) is 0. The SMILES string of the molecule is Cc1ccsc1C(O)Cc1cccc(C(F)(F)F)c1. The van der Waals surface area contributed by atoms with Crippen LogP contribution >= 0.6 is 11.3 Å². The van der Waals surface area contributed by atoms with Gasteiger partial charge in [-0.25, -0.2) is 0 Å². The summed E-state index contributed by atoms with van der Waals surface area (Å²) < 4.78 is 37.7. The van der Waals surface area contributed by atoms with Gasteiger partial charge in [-0.1, -0.05) is 18.2 Å². The van der Waals surface area contributed by atoms with E-state index < -0.39 is 17.8 Å². The van der Waals surface area contributed by atoms with Gasteiger partial charge in [-0.3, -0.25) is 0 Å². The zero-order chi connectivity index (χ0) is 14.0. The number of aliphatic hydroxyl groups excluding tert-OH is 1. The van der Waals surface area contributed by atoms with Crippen molar-refractivity contribution in [3.63, 3.8) is 0 Å². The van der Waals surface area contributed by atoms with E-state index >= 15 is 0 Å². The van der Waals surface area contributed by atoms with Crippen LogP contribution in [0.2, 0.25) is 0 Å². The second-order valence-corrected chi connectivity index (χ2v) is 5.33. The molecule has 1 N–H and O–H groups in total. The molecule has 5 heteroatoms. The van der Waals surface area contributed by atoms with E-state index in [9.17, 15) is 18.3 Å². The van der Waals surface area contributed by atoms with Crippen LogP contribution in [0.5, 0.6) is 0 Å². The van der Waals surface area contributed by atoms with Gasteiger partial charge in [0.1, 0.15) is 0 Å². The molecule has 2 rings (SSSR count). The minimum atomic E-state index is -4.35. The van der Waals surface area contributed by atoms with E-state index in [1.807, 2.05) is 18.4 Å². The highest BCUT2D eigenvalue weighted by atomic mass is 32.1. The molecule has 0 saturated carbocycles. The third-order valence-corrected chi connectivity index (χ3v) is 4.01. The van der Waals surface area contributed by atoms with Gasteiger partial charge >= 0.3 is 6.18 Å². The Hall–Kier alpha value is -1.33. The lowest BCUT2D eigenvalue weighted by atomic mass is 10.0. The summed E-state index contributed by atoms with van der Waals surface area (Å²) in [5, 5.41) is 11.9. The van der Waals surface area contributed by atoms with Crippen LogP contribution in [0.4, 0.5) is 13.2 Å². The minimum absolute atomic E-state index is 0.186. The van der Waals surface area contributed by atoms with Gasteiger partial charge in [0.15, 0.2) is 0 Å². The number of benzene rings is 1. The maximum atomic E-state index is 12.6. The van der Waals surface area contributed by atoms with Crippen LogP contribution in [0.3, 0.4) is 0 Å². The standard InChI is InChI=1S/C14H13F3OS/c1-9-5-6-19-13(9)12(18)8-10-3-2-4-11(7-10)14(15,16)17/h2-7,12,18H,8H2,1H3. The molecular formula is C14H13F3OS. The van der Waals surface area contributed by atoms with Gasteiger partial charge in [-0.15, -0.1) is 11.3 Å². The van der Waals surface area contributed by atoms with E-state index in [4.69, 9.17) is 0 Å². The van der Waals surface area contributed by atoms with E-state index in [1.54, 1.807) is 6.07 Å². The number of alkyl halides is 3. The van der Waals surface area contributed by atoms with Crippen LogP contribution in [-0.4, -0.2) is 5.11 Å². The van der Waals surface area contributed by atoms with Gasteiger partial charge in [0.25, 0.3) is 0 Å². The first kappa shape index (κ1) is 14.1. The number of hydrogen-bond donors (Lipinski definition) is 1. The largest absolute Gasteiger partial charge is 0.416 e. The second kappa shape index (κ2) is 5.35. The number of rotatable bonds is 3. The van der Waals surface area contributed by atoms with Gasteiger partial charge in [0, 0.05) is 11.3 Å². The van der Waals surface area contributed by atoms with Crippen LogP contribution in [0, 0.1) is 6.92 Å². The first-order chi connectivity index (χ1) is 8.88. The van der Waals surface area contributed by atoms with Gasteiger partial charge in [-0.2, -0.15) is 13.2 Å². The number of aliphatic hydroxyl groups is 1. The molecule has 0 fully saturated rings. The normalized spacial score (nSPS) is 13.5. The molecule has 19 heavy (non-hydrogen) atoms. The molecule has 2 aromatic rings. The fourth-order valence-electron chi connectivity index (χ4n) is 1.92. The second-order valence-electron chi connectivity index (χ2n) is 4.39. The first-order valence-corrected chi connectivity index (χ1v) is 6.64. The Balaban J connectivity index is 2.18. The Morgan fingerprint density at radius 2 is 2.00 bits per heavy atom. The summed E-state index contributed by atoms with van der Waals surface area (Å²) in [6.07, 6.45) is -4.92. The third kappa shape index (κ3) is 3.36. The lowest BCUT2D eigenvalue weighted by Crippen LogP contribution is -2.07. The third-order valence-electron chi connectivity index (χ3n) is 2.89. The van der Waals surface area contributed by atoms with Crippen molar-refractivity contribution in [2.75, 3.05) is 0 Å². The molecule has 1 aromatic heterocycles. The van der Waals surface area contributed by atoms with Gasteiger partial charge in [0.2, 0.25) is 0 Å². The number of halogens is 3. The summed E-state index contributed by atoms with van der Waals surface area (Å²) in [6.45, 7) is 1.88. The summed E-state index contributed by atoms with van der Waals surface area (Å²) >= 11 is 1.41. The van der Waals surface area contributed by atoms with Crippen molar-refractivity contribution in [2.24, 2.45) is 0 Å². The highest BCUT2D eigenvalue weighted by Crippen LogP contribution is 2.31. The molecule has 0 saturated heterocycles. The highest BCUT2D eigenvalue weighted by molar-refractivity contribution is 7.10. The van der Waals surface area contributed by atoms with Crippen molar-refractivity contribution >= 4 is 11.3 Å². The van der Waals surface area contributed by atoms with Crippen LogP contribution in [0.1, 0.15) is 27.7 Å². The van der Waals surface area contributed by atoms with Crippen molar-refractivity contribution < 1.29 is 18.3 Å². The summed E-state index contributed by atoms with van der Waals surface area (Å²) in [5.74, 6) is 0. The molecule has 0 amide bonds. The first-order valence-electron chi connectivity index (χ1n) is 5.76. The van der Waals surface area contributed by atoms with Gasteiger partial charge < -0.3 is 5.11 Å². The number of hydrogen-bond acceptors (Lipinski definition) is 2. The Morgan fingerprint density at radius 3 is 2.58 bits per heavy atom. The molecule has 0 radical (unpaired) electrons. The number of aryl methyl sites for hydroxylation is 1. The van der Waals surface area contributed by atoms with Crippen LogP contribution < -0.4 is 0 Å². The fourth-order valence-corrected chi connectivity index (χ4v) is 2.83. The van der Waals surface area contributed by atoms with Crippen LogP contribution in [0.25, 0.3) is 0 Å². The minimum Gasteiger partial charge on any atom is -0.387 e. The van der Waals surface area contributed by atoms with Crippen molar-refractivity contribution in [1.82, 2.24) is 0 Å². The monoisotopic (exact) mass is 286 g/mol. The van der Waals surface area contributed by atoms with Crippen LogP contribution in [0.15, 0.2) is 35.7 Å². The summed E-state index contributed by atoms with van der Waals surface area (Å²) in [6, 6.07) is 6.97. The van der Waals surface area contributed by atoms with Crippen molar-refractivity contribution in [3.8, 4) is 0 Å². The molecule has 1 atom stereocenters. The fraction of sp³-hybridized carbons (Fsp3) is 0.286. The molecular weight excluding hydrogens is 273 g/mol. The molecule has 0 spiro atoms. The zero-order valence-corrected chi connectivity index (χ0v) is 11.1. The molecule has 1 aromatic carbocycles. The zero-order valence-electron chi connectivity index (χ0n) is 10.2. The van der Waals surface area contributed by atoms with Crippen molar-refractivity contribution in [2.45, 2.75) is 25.6 Å². The maximum absolute atomic E-state index is 12.6. The van der Waals surface area contributed by atoms with E-state index in [2.05, 4.69) is 0 Å². The Bertz CT molecular complexity index is 560. The average molecular weight is 286 g/mol. The van der Waals surface area contributed by atoms with Crippen LogP contribution in [-0.2, 0) is 12.6 Å². The number of thiophene rings is 1. The van der Waals surface area contributed by atoms with Gasteiger partial charge in [-0.05, 0) is 35.6 Å². The Labute approximate surface area is 113 Å². The lowest BCUT2D eigenvalue weighted by Gasteiger charge is -2.12. The Morgan fingerprint density at radius 1 is 1.26 bits per heavy atom. The molecule has 0 bridgehead atoms. The van der Waals surface area contributed by atoms with E-state index in [1.165, 1.54) is 17.4 Å². The summed E-state index contributed by atoms with van der Waals surface area (Å²) in [4.78, 5) is 0.803. The van der Waals surface area contributed by atoms with Gasteiger partial charge in [0.05, 0.1) is 11.7 Å². The molecule has 0 aliphatic heterocycles. The van der Waals surface area contributed by atoms with Crippen molar-refractivity contribution in [1.29, 1.82) is 0 Å². The highest BCUT2D eigenvalue weighted by Gasteiger charge is 2.30. The average Bonchev–Trinajstić information content (AvgIpc) is 2.75. The maximum Gasteiger partial charge on any atom is 0.416 e. The molecule has 1 unspecified atom stereocenters. The summed E-state index contributed by atoms with van der Waals surface area (Å²) in [5.41, 5.74) is 0.764. The molecule has 0 aliphatic rings. The smallest absolute Gasteiger partial charge is 0.387 e. The van der Waals surface area contributed by atoms with Crippen molar-refractivity contribution in [3.05, 3.63) is 57.3 Å². The molecule has 1 nitrogen and oxygen atoms in total. The molecule has 102 valence electrons. The van der Waals surface area contributed by atoms with E-state index in [0.29, 0.717) is 5.56 Å². The lowest BCUT2D eigenvalue weighted by molar-refractivity contribution is -0.137. The van der Waals surface area contributed by atoms with E-state index in [-0.39, 0.29) is 6.42 Å². The van der Waals surface area contributed by atoms with E-state index in [0.717, 1.165) is 22.6 Å². The quantitative estimate of drug-likeness (QED) is 0.889.